The monoisotopic (exact) mass is 510 g/mol. The van der Waals surface area contributed by atoms with Gasteiger partial charge in [0.1, 0.15) is 18.1 Å². The van der Waals surface area contributed by atoms with E-state index in [0.29, 0.717) is 16.9 Å². The van der Waals surface area contributed by atoms with Crippen LogP contribution in [0.25, 0.3) is 0 Å². The first-order valence-corrected chi connectivity index (χ1v) is 12.9. The lowest BCUT2D eigenvalue weighted by Gasteiger charge is -2.18. The molecule has 7 nitrogen and oxygen atoms in total. The van der Waals surface area contributed by atoms with Crippen LogP contribution in [0.15, 0.2) is 78.9 Å². The van der Waals surface area contributed by atoms with Crippen molar-refractivity contribution in [3.05, 3.63) is 95.6 Å². The first kappa shape index (κ1) is 24.4. The van der Waals surface area contributed by atoms with Gasteiger partial charge in [0.05, 0.1) is 28.6 Å². The Labute approximate surface area is 221 Å². The molecule has 6 rings (SSSR count). The molecule has 2 amide bonds. The Bertz CT molecular complexity index is 1410. The van der Waals surface area contributed by atoms with Gasteiger partial charge in [0, 0.05) is 0 Å². The van der Waals surface area contributed by atoms with Gasteiger partial charge in [0.25, 0.3) is 11.8 Å². The maximum atomic E-state index is 13.2. The second kappa shape index (κ2) is 8.53. The van der Waals surface area contributed by atoms with Crippen LogP contribution in [-0.4, -0.2) is 39.4 Å². The Kier molecular flexibility index (Phi) is 5.47. The molecule has 1 saturated carbocycles. The molecule has 1 unspecified atom stereocenters. The van der Waals surface area contributed by atoms with E-state index in [4.69, 9.17) is 9.47 Å². The Morgan fingerprint density at radius 2 is 1.42 bits per heavy atom. The van der Waals surface area contributed by atoms with Crippen molar-refractivity contribution in [3.63, 3.8) is 0 Å². The summed E-state index contributed by atoms with van der Waals surface area (Å²) in [5, 5.41) is 3.12. The van der Waals surface area contributed by atoms with Crippen LogP contribution < -0.4 is 4.74 Å². The van der Waals surface area contributed by atoms with E-state index < -0.39 is 5.54 Å². The molecule has 4 atom stereocenters. The van der Waals surface area contributed by atoms with Crippen LogP contribution in [0.1, 0.15) is 54.0 Å². The minimum atomic E-state index is -0.437. The first-order chi connectivity index (χ1) is 18.1. The highest BCUT2D eigenvalue weighted by atomic mass is 16.5. The number of imide groups is 1. The van der Waals surface area contributed by atoms with Crippen LogP contribution in [0.4, 0.5) is 0 Å². The Balaban J connectivity index is 1.13. The number of nitrogens with zero attached hydrogens (tertiary/aromatic N) is 2. The molecule has 3 aliphatic rings. The topological polar surface area (TPSA) is 75.9 Å². The third-order valence-electron chi connectivity index (χ3n) is 8.26. The average Bonchev–Trinajstić information content (AvgIpc) is 3.63. The number of carbonyl (C=O) groups is 3. The van der Waals surface area contributed by atoms with Crippen LogP contribution in [0, 0.1) is 17.3 Å². The quantitative estimate of drug-likeness (QED) is 0.238. The molecule has 0 aromatic heterocycles. The van der Waals surface area contributed by atoms with Crippen LogP contribution in [0.5, 0.6) is 11.5 Å². The number of amides is 2. The zero-order chi connectivity index (χ0) is 26.8. The number of benzene rings is 3. The molecule has 0 radical (unpaired) electrons. The van der Waals surface area contributed by atoms with Crippen molar-refractivity contribution in [2.45, 2.75) is 45.9 Å². The lowest BCUT2D eigenvalue weighted by Crippen LogP contribution is -2.38. The zero-order valence-electron chi connectivity index (χ0n) is 21.9. The maximum Gasteiger partial charge on any atom is 0.310 e. The summed E-state index contributed by atoms with van der Waals surface area (Å²) in [6, 6.07) is 23.8. The van der Waals surface area contributed by atoms with Crippen molar-refractivity contribution >= 4 is 17.8 Å². The van der Waals surface area contributed by atoms with E-state index >= 15 is 0 Å². The summed E-state index contributed by atoms with van der Waals surface area (Å²) >= 11 is 0. The van der Waals surface area contributed by atoms with E-state index in [2.05, 4.69) is 0 Å². The summed E-state index contributed by atoms with van der Waals surface area (Å²) in [7, 11) is 0. The van der Waals surface area contributed by atoms with Gasteiger partial charge in [-0.2, -0.15) is 5.01 Å². The Morgan fingerprint density at radius 3 is 2.08 bits per heavy atom. The third kappa shape index (κ3) is 3.80. The highest BCUT2D eigenvalue weighted by molar-refractivity contribution is 6.21. The summed E-state index contributed by atoms with van der Waals surface area (Å²) in [5.74, 6) is 0.162. The highest BCUT2D eigenvalue weighted by Gasteiger charge is 2.77. The van der Waals surface area contributed by atoms with Crippen LogP contribution in [-0.2, 0) is 16.1 Å². The van der Waals surface area contributed by atoms with Crippen LogP contribution >= 0.6 is 0 Å². The van der Waals surface area contributed by atoms with Gasteiger partial charge in [0.15, 0.2) is 0 Å². The van der Waals surface area contributed by atoms with Gasteiger partial charge in [-0.05, 0) is 67.1 Å². The van der Waals surface area contributed by atoms with Crippen molar-refractivity contribution in [1.29, 1.82) is 0 Å². The fourth-order valence-electron chi connectivity index (χ4n) is 6.13. The van der Waals surface area contributed by atoms with Gasteiger partial charge in [-0.3, -0.25) is 14.4 Å². The molecular weight excluding hydrogens is 480 g/mol. The van der Waals surface area contributed by atoms with Crippen LogP contribution in [0.3, 0.4) is 0 Å². The minimum Gasteiger partial charge on any atom is -0.461 e. The fraction of sp³-hybridized carbons (Fsp3) is 0.323. The predicted octanol–water partition coefficient (Wildman–Crippen LogP) is 5.47. The summed E-state index contributed by atoms with van der Waals surface area (Å²) in [4.78, 5) is 39.5. The van der Waals surface area contributed by atoms with Crippen molar-refractivity contribution in [1.82, 2.24) is 10.0 Å². The van der Waals surface area contributed by atoms with Gasteiger partial charge in [-0.1, -0.05) is 56.3 Å². The molecule has 0 spiro atoms. The molecule has 0 bridgehead atoms. The molecule has 2 aliphatic heterocycles. The van der Waals surface area contributed by atoms with Crippen molar-refractivity contribution < 1.29 is 23.9 Å². The molecule has 3 aromatic rings. The number of rotatable bonds is 7. The van der Waals surface area contributed by atoms with Gasteiger partial charge in [0.2, 0.25) is 0 Å². The summed E-state index contributed by atoms with van der Waals surface area (Å²) < 4.78 is 11.7. The second-order valence-corrected chi connectivity index (χ2v) is 11.4. The average molecular weight is 511 g/mol. The highest BCUT2D eigenvalue weighted by Crippen LogP contribution is 2.68. The lowest BCUT2D eigenvalue weighted by molar-refractivity contribution is -0.147. The zero-order valence-corrected chi connectivity index (χ0v) is 21.9. The standard InChI is InChI=1S/C31H30N2O5/c1-30(2)24(26-31(3,4)33(26)32-27(34)22-15-8-9-16-23(22)28(32)35)25(30)29(36)37-18-19-11-10-14-21(17-19)38-20-12-6-5-7-13-20/h5-17,24-26H,18H2,1-4H3/t24-,25+,26+,33?/m1/s1. The number of ether oxygens (including phenoxy) is 2. The van der Waals surface area contributed by atoms with Crippen molar-refractivity contribution in [2.24, 2.45) is 17.3 Å². The molecule has 0 N–H and O–H groups in total. The molecule has 7 heteroatoms. The van der Waals surface area contributed by atoms with E-state index in [1.807, 2.05) is 87.3 Å². The van der Waals surface area contributed by atoms with E-state index in [-0.39, 0.29) is 47.7 Å². The fourth-order valence-corrected chi connectivity index (χ4v) is 6.13. The minimum absolute atomic E-state index is 0.0398. The van der Waals surface area contributed by atoms with Gasteiger partial charge in [-0.15, -0.1) is 0 Å². The number of fused-ring (bicyclic) bond motifs is 1. The molecule has 38 heavy (non-hydrogen) atoms. The van der Waals surface area contributed by atoms with Crippen LogP contribution in [0.2, 0.25) is 0 Å². The molecular formula is C31H30N2O5. The molecule has 2 fully saturated rings. The molecule has 3 aromatic carbocycles. The summed E-state index contributed by atoms with van der Waals surface area (Å²) in [6.45, 7) is 8.26. The Morgan fingerprint density at radius 1 is 0.816 bits per heavy atom. The van der Waals surface area contributed by atoms with Gasteiger partial charge >= 0.3 is 5.97 Å². The predicted molar refractivity (Wildman–Crippen MR) is 140 cm³/mol. The third-order valence-corrected chi connectivity index (χ3v) is 8.26. The largest absolute Gasteiger partial charge is 0.461 e. The number of para-hydroxylation sites is 1. The van der Waals surface area contributed by atoms with E-state index in [1.54, 1.807) is 24.3 Å². The second-order valence-electron chi connectivity index (χ2n) is 11.4. The molecule has 2 heterocycles. The van der Waals surface area contributed by atoms with Crippen molar-refractivity contribution in [2.75, 3.05) is 0 Å². The number of carbonyl (C=O) groups excluding carboxylic acids is 3. The number of hydrazine groups is 1. The number of esters is 1. The molecule has 1 saturated heterocycles. The summed E-state index contributed by atoms with van der Waals surface area (Å²) in [6.07, 6.45) is 0. The van der Waals surface area contributed by atoms with Gasteiger partial charge < -0.3 is 9.47 Å². The number of hydrogen-bond donors (Lipinski definition) is 0. The Hall–Kier alpha value is -3.97. The lowest BCUT2D eigenvalue weighted by atomic mass is 10.0. The molecule has 194 valence electrons. The smallest absolute Gasteiger partial charge is 0.310 e. The first-order valence-electron chi connectivity index (χ1n) is 12.9. The normalized spacial score (nSPS) is 26.1. The van der Waals surface area contributed by atoms with Gasteiger partial charge in [-0.25, -0.2) is 5.01 Å². The summed E-state index contributed by atoms with van der Waals surface area (Å²) in [5.41, 5.74) is 0.922. The van der Waals surface area contributed by atoms with E-state index in [1.165, 1.54) is 5.01 Å². The van der Waals surface area contributed by atoms with E-state index in [0.717, 1.165) is 11.3 Å². The van der Waals surface area contributed by atoms with Crippen molar-refractivity contribution in [3.8, 4) is 11.5 Å². The SMILES string of the molecule is CC1(C)[C@@H]([C@@H]2N(N3C(=O)c4ccccc4C3=O)C2(C)C)[C@H]1C(=O)OCc1cccc(Oc2ccccc2)c1. The number of hydrogen-bond acceptors (Lipinski definition) is 6. The maximum absolute atomic E-state index is 13.2. The van der Waals surface area contributed by atoms with E-state index in [9.17, 15) is 14.4 Å². The molecule has 1 aliphatic carbocycles.